The molecule has 1 aliphatic rings. The second kappa shape index (κ2) is 14.8. The first-order chi connectivity index (χ1) is 21.7. The summed E-state index contributed by atoms with van der Waals surface area (Å²) in [5.74, 6) is -2.38. The number of halogens is 6. The van der Waals surface area contributed by atoms with Gasteiger partial charge in [-0.15, -0.1) is 0 Å². The topological polar surface area (TPSA) is 79.9 Å². The van der Waals surface area contributed by atoms with E-state index in [1.165, 1.54) is 18.2 Å². The van der Waals surface area contributed by atoms with E-state index in [4.69, 9.17) is 9.47 Å². The van der Waals surface area contributed by atoms with Crippen molar-refractivity contribution in [2.24, 2.45) is 0 Å². The second-order valence-electron chi connectivity index (χ2n) is 10.9. The zero-order valence-electron chi connectivity index (χ0n) is 25.1. The Hall–Kier alpha value is -4.36. The molecule has 4 rings (SSSR count). The van der Waals surface area contributed by atoms with Crippen molar-refractivity contribution in [1.82, 2.24) is 4.90 Å². The molecular formula is C33H33F6N3O4. The first-order valence-corrected chi connectivity index (χ1v) is 14.5. The number of benzene rings is 3. The second-order valence-corrected chi connectivity index (χ2v) is 10.9. The van der Waals surface area contributed by atoms with Crippen molar-refractivity contribution in [3.8, 4) is 5.75 Å². The molecule has 246 valence electrons. The SMILES string of the molecule is CC(C)c1ccc(/C=C(\C(=O)Nc2cccc(C(F)(F)F)c2)C(=O)Nc2ccc(OCCN3CCOCC3)c(C(F)(F)F)c2)cc1. The highest BCUT2D eigenvalue weighted by Crippen LogP contribution is 2.38. The maximum atomic E-state index is 14.0. The fraction of sp³-hybridized carbons (Fsp3) is 0.333. The molecule has 1 saturated heterocycles. The fourth-order valence-electron chi connectivity index (χ4n) is 4.61. The minimum Gasteiger partial charge on any atom is -0.492 e. The summed E-state index contributed by atoms with van der Waals surface area (Å²) in [6.07, 6.45) is -8.30. The average molecular weight is 650 g/mol. The lowest BCUT2D eigenvalue weighted by Crippen LogP contribution is -2.38. The third-order valence-electron chi connectivity index (χ3n) is 7.16. The first-order valence-electron chi connectivity index (χ1n) is 14.5. The molecule has 0 bridgehead atoms. The summed E-state index contributed by atoms with van der Waals surface area (Å²) in [5, 5.41) is 4.60. The predicted octanol–water partition coefficient (Wildman–Crippen LogP) is 7.22. The summed E-state index contributed by atoms with van der Waals surface area (Å²) in [6, 6.07) is 13.7. The lowest BCUT2D eigenvalue weighted by molar-refractivity contribution is -0.139. The highest BCUT2D eigenvalue weighted by molar-refractivity contribution is 6.28. The zero-order valence-corrected chi connectivity index (χ0v) is 25.1. The van der Waals surface area contributed by atoms with Crippen LogP contribution in [0.15, 0.2) is 72.3 Å². The molecule has 3 aromatic rings. The Morgan fingerprint density at radius 2 is 1.50 bits per heavy atom. The summed E-state index contributed by atoms with van der Waals surface area (Å²) < 4.78 is 92.4. The molecule has 0 spiro atoms. The number of ether oxygens (including phenoxy) is 2. The smallest absolute Gasteiger partial charge is 0.420 e. The Bertz CT molecular complexity index is 1550. The lowest BCUT2D eigenvalue weighted by atomic mass is 10.0. The van der Waals surface area contributed by atoms with Gasteiger partial charge in [0.15, 0.2) is 0 Å². The van der Waals surface area contributed by atoms with Crippen LogP contribution in [0.2, 0.25) is 0 Å². The zero-order chi connectivity index (χ0) is 33.5. The van der Waals surface area contributed by atoms with Crippen LogP contribution >= 0.6 is 0 Å². The van der Waals surface area contributed by atoms with Crippen LogP contribution in [0, 0.1) is 0 Å². The number of anilines is 2. The number of alkyl halides is 6. The maximum Gasteiger partial charge on any atom is 0.420 e. The third kappa shape index (κ3) is 9.57. The van der Waals surface area contributed by atoms with E-state index >= 15 is 0 Å². The number of rotatable bonds is 10. The number of carbonyl (C=O) groups excluding carboxylic acids is 2. The standard InChI is InChI=1S/C33H33F6N3O4/c1-21(2)23-8-6-22(7-9-23)18-27(30(43)40-25-5-3-4-24(19-25)32(34,35)36)31(44)41-26-10-11-29(28(20-26)33(37,38)39)46-17-14-42-12-15-45-16-13-42/h3-11,18-21H,12-17H2,1-2H3,(H,40,43)(H,41,44)/b27-18+. The minimum absolute atomic E-state index is 0.00696. The summed E-state index contributed by atoms with van der Waals surface area (Å²) in [6.45, 7) is 6.67. The van der Waals surface area contributed by atoms with E-state index in [-0.39, 0.29) is 23.9 Å². The molecular weight excluding hydrogens is 616 g/mol. The van der Waals surface area contributed by atoms with Crippen LogP contribution in [-0.2, 0) is 26.7 Å². The van der Waals surface area contributed by atoms with Crippen molar-refractivity contribution >= 4 is 29.3 Å². The van der Waals surface area contributed by atoms with Crippen molar-refractivity contribution in [1.29, 1.82) is 0 Å². The van der Waals surface area contributed by atoms with E-state index in [0.29, 0.717) is 50.5 Å². The Labute approximate surface area is 262 Å². The van der Waals surface area contributed by atoms with E-state index in [1.807, 2.05) is 18.7 Å². The molecule has 46 heavy (non-hydrogen) atoms. The summed E-state index contributed by atoms with van der Waals surface area (Å²) >= 11 is 0. The molecule has 2 N–H and O–H groups in total. The molecule has 0 radical (unpaired) electrons. The number of hydrogen-bond acceptors (Lipinski definition) is 5. The quantitative estimate of drug-likeness (QED) is 0.105. The monoisotopic (exact) mass is 649 g/mol. The summed E-state index contributed by atoms with van der Waals surface area (Å²) in [5.41, 5.74) is -1.81. The van der Waals surface area contributed by atoms with Crippen LogP contribution in [0.1, 0.15) is 42.0 Å². The van der Waals surface area contributed by atoms with E-state index in [0.717, 1.165) is 23.8 Å². The van der Waals surface area contributed by atoms with Gasteiger partial charge in [0.1, 0.15) is 17.9 Å². The Morgan fingerprint density at radius 1 is 0.870 bits per heavy atom. The number of carbonyl (C=O) groups is 2. The van der Waals surface area contributed by atoms with Crippen molar-refractivity contribution in [2.45, 2.75) is 32.1 Å². The molecule has 1 fully saturated rings. The molecule has 13 heteroatoms. The van der Waals surface area contributed by atoms with Gasteiger partial charge >= 0.3 is 12.4 Å². The highest BCUT2D eigenvalue weighted by Gasteiger charge is 2.35. The van der Waals surface area contributed by atoms with Crippen LogP contribution in [0.5, 0.6) is 5.75 Å². The maximum absolute atomic E-state index is 14.0. The molecule has 0 aliphatic carbocycles. The van der Waals surface area contributed by atoms with Crippen molar-refractivity contribution in [3.05, 3.63) is 94.6 Å². The van der Waals surface area contributed by atoms with E-state index in [2.05, 4.69) is 10.6 Å². The van der Waals surface area contributed by atoms with Crippen molar-refractivity contribution in [2.75, 3.05) is 50.1 Å². The van der Waals surface area contributed by atoms with Gasteiger partial charge in [0.2, 0.25) is 0 Å². The molecule has 2 amide bonds. The van der Waals surface area contributed by atoms with Crippen LogP contribution in [0.3, 0.4) is 0 Å². The van der Waals surface area contributed by atoms with Crippen LogP contribution < -0.4 is 15.4 Å². The fourth-order valence-corrected chi connectivity index (χ4v) is 4.61. The van der Waals surface area contributed by atoms with E-state index in [1.54, 1.807) is 24.3 Å². The molecule has 0 atom stereocenters. The van der Waals surface area contributed by atoms with E-state index < -0.39 is 46.6 Å². The Kier molecular flexibility index (Phi) is 11.1. The van der Waals surface area contributed by atoms with Gasteiger partial charge in [0.25, 0.3) is 11.8 Å². The van der Waals surface area contributed by atoms with Gasteiger partial charge < -0.3 is 20.1 Å². The van der Waals surface area contributed by atoms with Gasteiger partial charge in [-0.25, -0.2) is 0 Å². The first kappa shape index (κ1) is 34.5. The van der Waals surface area contributed by atoms with Gasteiger partial charge in [0.05, 0.1) is 24.3 Å². The molecule has 0 aromatic heterocycles. The number of nitrogens with zero attached hydrogens (tertiary/aromatic N) is 1. The Morgan fingerprint density at radius 3 is 2.09 bits per heavy atom. The van der Waals surface area contributed by atoms with Gasteiger partial charge in [-0.3, -0.25) is 14.5 Å². The number of nitrogens with one attached hydrogen (secondary N) is 2. The normalized spacial score (nSPS) is 14.7. The lowest BCUT2D eigenvalue weighted by Gasteiger charge is -2.26. The molecule has 7 nitrogen and oxygen atoms in total. The number of morpholine rings is 1. The van der Waals surface area contributed by atoms with E-state index in [9.17, 15) is 35.9 Å². The molecule has 0 saturated carbocycles. The van der Waals surface area contributed by atoms with Gasteiger partial charge in [0, 0.05) is 31.0 Å². The summed E-state index contributed by atoms with van der Waals surface area (Å²) in [4.78, 5) is 28.7. The third-order valence-corrected chi connectivity index (χ3v) is 7.16. The molecule has 3 aromatic carbocycles. The minimum atomic E-state index is -4.83. The summed E-state index contributed by atoms with van der Waals surface area (Å²) in [7, 11) is 0. The predicted molar refractivity (Wildman–Crippen MR) is 161 cm³/mol. The van der Waals surface area contributed by atoms with Gasteiger partial charge in [-0.2, -0.15) is 26.3 Å². The van der Waals surface area contributed by atoms with Gasteiger partial charge in [-0.1, -0.05) is 44.2 Å². The number of amides is 2. The Balaban J connectivity index is 1.58. The van der Waals surface area contributed by atoms with Crippen LogP contribution in [0.4, 0.5) is 37.7 Å². The van der Waals surface area contributed by atoms with Crippen molar-refractivity contribution < 1.29 is 45.4 Å². The molecule has 0 unspecified atom stereocenters. The van der Waals surface area contributed by atoms with Gasteiger partial charge in [-0.05, 0) is 59.5 Å². The molecule has 1 aliphatic heterocycles. The molecule has 1 heterocycles. The van der Waals surface area contributed by atoms with Crippen molar-refractivity contribution in [3.63, 3.8) is 0 Å². The average Bonchev–Trinajstić information content (AvgIpc) is 3.00. The largest absolute Gasteiger partial charge is 0.492 e. The van der Waals surface area contributed by atoms with Crippen LogP contribution in [0.25, 0.3) is 6.08 Å². The van der Waals surface area contributed by atoms with Crippen LogP contribution in [-0.4, -0.2) is 56.2 Å². The highest BCUT2D eigenvalue weighted by atomic mass is 19.4. The number of hydrogen-bond donors (Lipinski definition) is 2.